The number of nitrogens with zero attached hydrogens (tertiary/aromatic N) is 2. The van der Waals surface area contributed by atoms with E-state index in [1.807, 2.05) is 10.3 Å². The number of rotatable bonds is 4. The van der Waals surface area contributed by atoms with E-state index in [4.69, 9.17) is 0 Å². The van der Waals surface area contributed by atoms with Crippen LogP contribution < -0.4 is 0 Å². The van der Waals surface area contributed by atoms with Crippen LogP contribution in [0, 0.1) is 5.82 Å². The molecule has 0 aliphatic carbocycles. The number of hydrogen-bond donors (Lipinski definition) is 0. The summed E-state index contributed by atoms with van der Waals surface area (Å²) in [5, 5.41) is 1.95. The van der Waals surface area contributed by atoms with Gasteiger partial charge in [0.15, 0.2) is 4.34 Å². The molecule has 1 fully saturated rings. The van der Waals surface area contributed by atoms with E-state index in [-0.39, 0.29) is 11.7 Å². The Labute approximate surface area is 137 Å². The second kappa shape index (κ2) is 7.24. The highest BCUT2D eigenvalue weighted by atomic mass is 32.2. The van der Waals surface area contributed by atoms with Gasteiger partial charge in [0.25, 0.3) is 0 Å². The second-order valence-electron chi connectivity index (χ2n) is 5.24. The van der Waals surface area contributed by atoms with Crippen LogP contribution in [0.1, 0.15) is 19.3 Å². The largest absolute Gasteiger partial charge is 0.342 e. The first-order chi connectivity index (χ1) is 10.7. The molecule has 0 spiro atoms. The van der Waals surface area contributed by atoms with Gasteiger partial charge in [-0.15, -0.1) is 11.3 Å². The molecule has 1 aromatic heterocycles. The molecule has 0 radical (unpaired) electrons. The molecule has 0 unspecified atom stereocenters. The number of carbonyl (C=O) groups excluding carboxylic acids is 1. The molecule has 0 N–H and O–H groups in total. The lowest BCUT2D eigenvalue weighted by Crippen LogP contribution is -2.36. The van der Waals surface area contributed by atoms with Crippen LogP contribution in [0.3, 0.4) is 0 Å². The Balaban J connectivity index is 1.57. The summed E-state index contributed by atoms with van der Waals surface area (Å²) in [6.07, 6.45) is 3.45. The summed E-state index contributed by atoms with van der Waals surface area (Å²) in [4.78, 5) is 18.6. The summed E-state index contributed by atoms with van der Waals surface area (Å²) < 4.78 is 13.8. The SMILES string of the molecule is O=C(CSc1nc(-c2ccc(F)cc2)cs1)N1CCCCC1. The van der Waals surface area contributed by atoms with Gasteiger partial charge >= 0.3 is 0 Å². The van der Waals surface area contributed by atoms with Gasteiger partial charge in [0.2, 0.25) is 5.91 Å². The van der Waals surface area contributed by atoms with Crippen LogP contribution in [0.2, 0.25) is 0 Å². The first kappa shape index (κ1) is 15.5. The molecule has 2 aromatic rings. The van der Waals surface area contributed by atoms with E-state index in [0.29, 0.717) is 5.75 Å². The van der Waals surface area contributed by atoms with Gasteiger partial charge in [-0.3, -0.25) is 4.79 Å². The number of thiazole rings is 1. The highest BCUT2D eigenvalue weighted by Gasteiger charge is 2.17. The summed E-state index contributed by atoms with van der Waals surface area (Å²) >= 11 is 3.01. The van der Waals surface area contributed by atoms with Gasteiger partial charge < -0.3 is 4.90 Å². The fourth-order valence-electron chi connectivity index (χ4n) is 2.43. The van der Waals surface area contributed by atoms with Crippen molar-refractivity contribution in [3.05, 3.63) is 35.5 Å². The molecule has 116 valence electrons. The van der Waals surface area contributed by atoms with Gasteiger partial charge in [-0.25, -0.2) is 9.37 Å². The van der Waals surface area contributed by atoms with Crippen molar-refractivity contribution in [1.82, 2.24) is 9.88 Å². The topological polar surface area (TPSA) is 33.2 Å². The quantitative estimate of drug-likeness (QED) is 0.790. The van der Waals surface area contributed by atoms with E-state index in [1.165, 1.54) is 41.7 Å². The van der Waals surface area contributed by atoms with E-state index in [1.54, 1.807) is 12.1 Å². The monoisotopic (exact) mass is 336 g/mol. The highest BCUT2D eigenvalue weighted by molar-refractivity contribution is 8.01. The maximum atomic E-state index is 12.9. The first-order valence-electron chi connectivity index (χ1n) is 7.34. The average molecular weight is 336 g/mol. The number of likely N-dealkylation sites (tertiary alicyclic amines) is 1. The van der Waals surface area contributed by atoms with Crippen LogP contribution in [-0.4, -0.2) is 34.6 Å². The Hall–Kier alpha value is -1.40. The lowest BCUT2D eigenvalue weighted by molar-refractivity contribution is -0.129. The molecule has 1 saturated heterocycles. The Morgan fingerprint density at radius 3 is 2.68 bits per heavy atom. The van der Waals surface area contributed by atoms with Crippen molar-refractivity contribution in [2.45, 2.75) is 23.6 Å². The summed E-state index contributed by atoms with van der Waals surface area (Å²) in [5.74, 6) is 0.389. The van der Waals surface area contributed by atoms with E-state index in [0.717, 1.165) is 41.5 Å². The van der Waals surface area contributed by atoms with E-state index >= 15 is 0 Å². The Morgan fingerprint density at radius 2 is 1.95 bits per heavy atom. The van der Waals surface area contributed by atoms with Crippen LogP contribution in [0.5, 0.6) is 0 Å². The molecule has 1 aliphatic rings. The third kappa shape index (κ3) is 3.87. The third-order valence-corrected chi connectivity index (χ3v) is 5.66. The number of benzene rings is 1. The minimum absolute atomic E-state index is 0.197. The summed E-state index contributed by atoms with van der Waals surface area (Å²) in [7, 11) is 0. The third-order valence-electron chi connectivity index (χ3n) is 3.65. The second-order valence-corrected chi connectivity index (χ2v) is 7.32. The Bertz CT molecular complexity index is 636. The van der Waals surface area contributed by atoms with Crippen LogP contribution in [0.15, 0.2) is 34.0 Å². The normalized spacial score (nSPS) is 15.0. The molecule has 6 heteroatoms. The molecule has 1 aromatic carbocycles. The molecular weight excluding hydrogens is 319 g/mol. The van der Waals surface area contributed by atoms with Gasteiger partial charge in [-0.2, -0.15) is 0 Å². The molecule has 22 heavy (non-hydrogen) atoms. The lowest BCUT2D eigenvalue weighted by Gasteiger charge is -2.26. The maximum absolute atomic E-state index is 12.9. The van der Waals surface area contributed by atoms with Crippen LogP contribution in [0.4, 0.5) is 4.39 Å². The van der Waals surface area contributed by atoms with E-state index in [2.05, 4.69) is 4.98 Å². The number of piperidine rings is 1. The van der Waals surface area contributed by atoms with E-state index < -0.39 is 0 Å². The molecule has 3 rings (SSSR count). The number of hydrogen-bond acceptors (Lipinski definition) is 4. The van der Waals surface area contributed by atoms with Crippen molar-refractivity contribution in [3.63, 3.8) is 0 Å². The Kier molecular flexibility index (Phi) is 5.10. The molecule has 2 heterocycles. The van der Waals surface area contributed by atoms with Crippen molar-refractivity contribution in [2.24, 2.45) is 0 Å². The van der Waals surface area contributed by atoms with Crippen molar-refractivity contribution in [3.8, 4) is 11.3 Å². The van der Waals surface area contributed by atoms with Crippen LogP contribution in [-0.2, 0) is 4.79 Å². The predicted octanol–water partition coefficient (Wildman–Crippen LogP) is 4.05. The van der Waals surface area contributed by atoms with Crippen LogP contribution in [0.25, 0.3) is 11.3 Å². The first-order valence-corrected chi connectivity index (χ1v) is 9.21. The molecule has 1 amide bonds. The van der Waals surface area contributed by atoms with Gasteiger partial charge in [-0.1, -0.05) is 11.8 Å². The zero-order valence-corrected chi connectivity index (χ0v) is 13.8. The standard InChI is InChI=1S/C16H17FN2OS2/c17-13-6-4-12(5-7-13)14-10-21-16(18-14)22-11-15(20)19-8-2-1-3-9-19/h4-7,10H,1-3,8-9,11H2. The smallest absolute Gasteiger partial charge is 0.233 e. The highest BCUT2D eigenvalue weighted by Crippen LogP contribution is 2.28. The van der Waals surface area contributed by atoms with E-state index in [9.17, 15) is 9.18 Å². The molecule has 1 aliphatic heterocycles. The van der Waals surface area contributed by atoms with Crippen molar-refractivity contribution >= 4 is 29.0 Å². The van der Waals surface area contributed by atoms with Crippen molar-refractivity contribution in [1.29, 1.82) is 0 Å². The fraction of sp³-hybridized carbons (Fsp3) is 0.375. The summed E-state index contributed by atoms with van der Waals surface area (Å²) in [5.41, 5.74) is 1.73. The molecular formula is C16H17FN2OS2. The average Bonchev–Trinajstić information content (AvgIpc) is 3.03. The lowest BCUT2D eigenvalue weighted by atomic mass is 10.1. The van der Waals surface area contributed by atoms with Gasteiger partial charge in [-0.05, 0) is 43.5 Å². The number of amides is 1. The minimum Gasteiger partial charge on any atom is -0.342 e. The van der Waals surface area contributed by atoms with Crippen LogP contribution >= 0.6 is 23.1 Å². The minimum atomic E-state index is -0.249. The summed E-state index contributed by atoms with van der Waals surface area (Å²) in [6, 6.07) is 6.30. The fourth-order valence-corrected chi connectivity index (χ4v) is 4.17. The number of thioether (sulfide) groups is 1. The number of halogens is 1. The van der Waals surface area contributed by atoms with Crippen molar-refractivity contribution < 1.29 is 9.18 Å². The van der Waals surface area contributed by atoms with Gasteiger partial charge in [0.05, 0.1) is 11.4 Å². The predicted molar refractivity (Wildman–Crippen MR) is 88.7 cm³/mol. The molecule has 3 nitrogen and oxygen atoms in total. The molecule has 0 saturated carbocycles. The zero-order valence-electron chi connectivity index (χ0n) is 12.1. The zero-order chi connectivity index (χ0) is 15.4. The Morgan fingerprint density at radius 1 is 1.23 bits per heavy atom. The maximum Gasteiger partial charge on any atom is 0.233 e. The van der Waals surface area contributed by atoms with Gasteiger partial charge in [0.1, 0.15) is 5.82 Å². The summed E-state index contributed by atoms with van der Waals surface area (Å²) in [6.45, 7) is 1.77. The van der Waals surface area contributed by atoms with Crippen molar-refractivity contribution in [2.75, 3.05) is 18.8 Å². The molecule has 0 atom stereocenters. The molecule has 0 bridgehead atoms. The number of aromatic nitrogens is 1. The van der Waals surface area contributed by atoms with Gasteiger partial charge in [0, 0.05) is 24.0 Å². The number of carbonyl (C=O) groups is 1.